The second-order valence-electron chi connectivity index (χ2n) is 6.72. The number of nitrogens with one attached hydrogen (secondary N) is 1. The molecule has 1 spiro atoms. The van der Waals surface area contributed by atoms with E-state index in [0.29, 0.717) is 44.8 Å². The van der Waals surface area contributed by atoms with Crippen molar-refractivity contribution >= 4 is 16.1 Å². The molecule has 1 aromatic carbocycles. The number of hydrogen-bond acceptors (Lipinski definition) is 4. The second-order valence-corrected chi connectivity index (χ2v) is 8.46. The normalized spacial score (nSPS) is 22.0. The van der Waals surface area contributed by atoms with Gasteiger partial charge in [-0.2, -0.15) is 0 Å². The van der Waals surface area contributed by atoms with Gasteiger partial charge in [-0.3, -0.25) is 0 Å². The van der Waals surface area contributed by atoms with Crippen LogP contribution in [0.4, 0.5) is 4.79 Å². The van der Waals surface area contributed by atoms with E-state index in [0.717, 1.165) is 0 Å². The van der Waals surface area contributed by atoms with Crippen LogP contribution in [0, 0.1) is 5.41 Å². The number of fused-ring (bicyclic) bond motifs is 1. The molecule has 0 aliphatic carbocycles. The molecule has 1 aromatic rings. The molecule has 2 aliphatic rings. The summed E-state index contributed by atoms with van der Waals surface area (Å²) in [6.45, 7) is 1.97. The molecule has 24 heavy (non-hydrogen) atoms. The van der Waals surface area contributed by atoms with E-state index in [1.54, 1.807) is 48.2 Å². The smallest absolute Gasteiger partial charge is 0.319 e. The maximum absolute atomic E-state index is 12.5. The van der Waals surface area contributed by atoms with Crippen LogP contribution in [-0.4, -0.2) is 64.6 Å². The van der Waals surface area contributed by atoms with Crippen LogP contribution in [0.3, 0.4) is 0 Å². The van der Waals surface area contributed by atoms with Gasteiger partial charge in [-0.15, -0.1) is 0 Å². The van der Waals surface area contributed by atoms with Gasteiger partial charge in [0.2, 0.25) is 10.0 Å². The van der Waals surface area contributed by atoms with Crippen molar-refractivity contribution in [3.05, 3.63) is 24.3 Å². The summed E-state index contributed by atoms with van der Waals surface area (Å²) < 4.78 is 33.5. The van der Waals surface area contributed by atoms with Gasteiger partial charge in [-0.1, -0.05) is 12.1 Å². The lowest BCUT2D eigenvalue weighted by molar-refractivity contribution is 0.0613. The first kappa shape index (κ1) is 17.0. The highest BCUT2D eigenvalue weighted by molar-refractivity contribution is 7.89. The number of sulfonamides is 1. The second kappa shape index (κ2) is 6.25. The molecule has 7 nitrogen and oxygen atoms in total. The third-order valence-corrected chi connectivity index (χ3v) is 6.23. The Labute approximate surface area is 142 Å². The summed E-state index contributed by atoms with van der Waals surface area (Å²) in [5.74, 6) is 0.385. The largest absolute Gasteiger partial charge is 0.492 e. The van der Waals surface area contributed by atoms with Crippen LogP contribution < -0.4 is 9.46 Å². The number of likely N-dealkylation sites (tertiary alicyclic amines) is 1. The summed E-state index contributed by atoms with van der Waals surface area (Å²) in [5.41, 5.74) is -0.288. The number of benzene rings is 1. The number of hydrogen-bond donors (Lipinski definition) is 1. The SMILES string of the molecule is CN(C)C(=O)N1CCC2(CC1)CNS(=O)(=O)c1ccccc1OC2. The Kier molecular flexibility index (Phi) is 4.44. The fourth-order valence-corrected chi connectivity index (χ4v) is 4.48. The van der Waals surface area contributed by atoms with Crippen LogP contribution in [-0.2, 0) is 10.0 Å². The Hall–Kier alpha value is -1.80. The molecule has 0 bridgehead atoms. The summed E-state index contributed by atoms with van der Waals surface area (Å²) in [4.78, 5) is 15.6. The number of rotatable bonds is 0. The van der Waals surface area contributed by atoms with Crippen LogP contribution in [0.5, 0.6) is 5.75 Å². The van der Waals surface area contributed by atoms with E-state index in [4.69, 9.17) is 4.74 Å². The molecule has 0 radical (unpaired) electrons. The molecule has 3 rings (SSSR count). The molecule has 0 saturated carbocycles. The monoisotopic (exact) mass is 353 g/mol. The molecule has 2 amide bonds. The van der Waals surface area contributed by atoms with E-state index in [1.807, 2.05) is 0 Å². The third kappa shape index (κ3) is 3.21. The number of nitrogens with zero attached hydrogens (tertiary/aromatic N) is 2. The van der Waals surface area contributed by atoms with E-state index in [2.05, 4.69) is 4.72 Å². The Bertz CT molecular complexity index is 725. The van der Waals surface area contributed by atoms with Crippen molar-refractivity contribution in [3.8, 4) is 5.75 Å². The molecule has 132 valence electrons. The number of urea groups is 1. The average molecular weight is 353 g/mol. The highest BCUT2D eigenvalue weighted by atomic mass is 32.2. The van der Waals surface area contributed by atoms with Gasteiger partial charge < -0.3 is 14.5 Å². The Balaban J connectivity index is 1.77. The minimum Gasteiger partial charge on any atom is -0.492 e. The molecular formula is C16H23N3O4S. The Morgan fingerprint density at radius 2 is 1.92 bits per heavy atom. The highest BCUT2D eigenvalue weighted by Gasteiger charge is 2.40. The molecule has 8 heteroatoms. The van der Waals surface area contributed by atoms with Crippen molar-refractivity contribution in [2.75, 3.05) is 40.3 Å². The zero-order valence-electron chi connectivity index (χ0n) is 14.0. The van der Waals surface area contributed by atoms with E-state index >= 15 is 0 Å². The lowest BCUT2D eigenvalue weighted by Crippen LogP contribution is -2.52. The van der Waals surface area contributed by atoms with Crippen molar-refractivity contribution in [2.45, 2.75) is 17.7 Å². The van der Waals surface area contributed by atoms with E-state index in [9.17, 15) is 13.2 Å². The molecule has 0 unspecified atom stereocenters. The minimum absolute atomic E-state index is 0.0115. The van der Waals surface area contributed by atoms with Crippen LogP contribution in [0.25, 0.3) is 0 Å². The van der Waals surface area contributed by atoms with Gasteiger partial charge in [-0.05, 0) is 25.0 Å². The van der Waals surface area contributed by atoms with Gasteiger partial charge in [0.1, 0.15) is 10.6 Å². The lowest BCUT2D eigenvalue weighted by Gasteiger charge is -2.43. The number of piperidine rings is 1. The number of carbonyl (C=O) groups excluding carboxylic acids is 1. The highest BCUT2D eigenvalue weighted by Crippen LogP contribution is 2.35. The first-order valence-corrected chi connectivity index (χ1v) is 9.49. The van der Waals surface area contributed by atoms with Gasteiger partial charge in [0.25, 0.3) is 0 Å². The van der Waals surface area contributed by atoms with Crippen molar-refractivity contribution in [1.82, 2.24) is 14.5 Å². The molecule has 0 atom stereocenters. The maximum atomic E-state index is 12.5. The first-order valence-electron chi connectivity index (χ1n) is 8.01. The van der Waals surface area contributed by atoms with Crippen LogP contribution in [0.1, 0.15) is 12.8 Å². The zero-order chi connectivity index (χ0) is 17.4. The van der Waals surface area contributed by atoms with Crippen molar-refractivity contribution in [1.29, 1.82) is 0 Å². The Morgan fingerprint density at radius 3 is 2.58 bits per heavy atom. The van der Waals surface area contributed by atoms with Crippen LogP contribution in [0.2, 0.25) is 0 Å². The topological polar surface area (TPSA) is 79.0 Å². The minimum atomic E-state index is -3.58. The molecule has 2 aliphatic heterocycles. The summed E-state index contributed by atoms with van der Waals surface area (Å²) in [5, 5.41) is 0. The third-order valence-electron chi connectivity index (χ3n) is 4.79. The van der Waals surface area contributed by atoms with Crippen LogP contribution >= 0.6 is 0 Å². The standard InChI is InChI=1S/C16H23N3O4S/c1-18(2)15(20)19-9-7-16(8-10-19)11-17-24(21,22)14-6-4-3-5-13(14)23-12-16/h3-6,17H,7-12H2,1-2H3. The quantitative estimate of drug-likeness (QED) is 0.758. The Morgan fingerprint density at radius 1 is 1.25 bits per heavy atom. The zero-order valence-corrected chi connectivity index (χ0v) is 14.8. The fraction of sp³-hybridized carbons (Fsp3) is 0.562. The van der Waals surface area contributed by atoms with Crippen molar-refractivity contribution in [2.24, 2.45) is 5.41 Å². The summed E-state index contributed by atoms with van der Waals surface area (Å²) >= 11 is 0. The molecule has 1 saturated heterocycles. The van der Waals surface area contributed by atoms with Crippen molar-refractivity contribution < 1.29 is 17.9 Å². The van der Waals surface area contributed by atoms with Crippen molar-refractivity contribution in [3.63, 3.8) is 0 Å². The molecular weight excluding hydrogens is 330 g/mol. The predicted molar refractivity (Wildman–Crippen MR) is 89.4 cm³/mol. The van der Waals surface area contributed by atoms with Gasteiger partial charge in [0.15, 0.2) is 0 Å². The maximum Gasteiger partial charge on any atom is 0.319 e. The lowest BCUT2D eigenvalue weighted by atomic mass is 9.79. The number of carbonyl (C=O) groups is 1. The molecule has 1 fully saturated rings. The number of ether oxygens (including phenoxy) is 1. The fourth-order valence-electron chi connectivity index (χ4n) is 3.18. The molecule has 2 heterocycles. The number of amides is 2. The summed E-state index contributed by atoms with van der Waals surface area (Å²) in [6.07, 6.45) is 1.41. The van der Waals surface area contributed by atoms with Gasteiger partial charge in [0, 0.05) is 39.1 Å². The summed E-state index contributed by atoms with van der Waals surface area (Å²) in [6, 6.07) is 6.67. The van der Waals surface area contributed by atoms with E-state index in [-0.39, 0.29) is 16.3 Å². The van der Waals surface area contributed by atoms with Gasteiger partial charge >= 0.3 is 6.03 Å². The predicted octanol–water partition coefficient (Wildman–Crippen LogP) is 1.12. The van der Waals surface area contributed by atoms with Crippen LogP contribution in [0.15, 0.2) is 29.2 Å². The summed E-state index contributed by atoms with van der Waals surface area (Å²) in [7, 11) is -0.119. The van der Waals surface area contributed by atoms with Gasteiger partial charge in [0.05, 0.1) is 6.61 Å². The average Bonchev–Trinajstić information content (AvgIpc) is 2.58. The number of para-hydroxylation sites is 1. The van der Waals surface area contributed by atoms with E-state index in [1.165, 1.54) is 0 Å². The molecule has 1 N–H and O–H groups in total. The van der Waals surface area contributed by atoms with Gasteiger partial charge in [-0.25, -0.2) is 17.9 Å². The molecule has 0 aromatic heterocycles. The first-order chi connectivity index (χ1) is 11.3. The van der Waals surface area contributed by atoms with E-state index < -0.39 is 10.0 Å².